The van der Waals surface area contributed by atoms with Crippen molar-refractivity contribution in [3.8, 4) is 5.75 Å². The highest BCUT2D eigenvalue weighted by Gasteiger charge is 2.28. The number of nitrogens with one attached hydrogen (secondary N) is 4. The van der Waals surface area contributed by atoms with Crippen molar-refractivity contribution < 1.29 is 29.1 Å². The molecule has 0 aromatic heterocycles. The molecule has 0 spiro atoms. The number of nitrogens with two attached hydrogens (primary N) is 1. The van der Waals surface area contributed by atoms with E-state index >= 15 is 0 Å². The number of carbonyl (C=O) groups is 5. The van der Waals surface area contributed by atoms with Crippen LogP contribution in [0.2, 0.25) is 0 Å². The van der Waals surface area contributed by atoms with Crippen LogP contribution in [0.1, 0.15) is 39.7 Å². The van der Waals surface area contributed by atoms with E-state index in [1.54, 1.807) is 12.1 Å². The lowest BCUT2D eigenvalue weighted by Gasteiger charge is -2.24. The first-order chi connectivity index (χ1) is 16.9. The van der Waals surface area contributed by atoms with Gasteiger partial charge in [-0.1, -0.05) is 32.4 Å². The number of aromatic hydroxyl groups is 1. The normalized spacial score (nSPS) is 15.8. The summed E-state index contributed by atoms with van der Waals surface area (Å²) in [5.41, 5.74) is 6.36. The van der Waals surface area contributed by atoms with E-state index < -0.39 is 53.8 Å². The predicted octanol–water partition coefficient (Wildman–Crippen LogP) is -0.584. The fourth-order valence-electron chi connectivity index (χ4n) is 3.08. The number of thiol groups is 1. The lowest BCUT2D eigenvalue weighted by molar-refractivity contribution is -0.133. The Morgan fingerprint density at radius 1 is 0.917 bits per heavy atom. The van der Waals surface area contributed by atoms with Crippen LogP contribution in [-0.2, 0) is 30.4 Å². The summed E-state index contributed by atoms with van der Waals surface area (Å²) in [5, 5.41) is 19.7. The molecule has 12 heteroatoms. The summed E-state index contributed by atoms with van der Waals surface area (Å²) in [4.78, 5) is 61.5. The molecule has 0 fully saturated rings. The van der Waals surface area contributed by atoms with E-state index in [-0.39, 0.29) is 23.8 Å². The molecule has 0 saturated heterocycles. The second-order valence-electron chi connectivity index (χ2n) is 8.74. The van der Waals surface area contributed by atoms with E-state index in [0.717, 1.165) is 0 Å². The third-order valence-corrected chi connectivity index (χ3v) is 6.15. The van der Waals surface area contributed by atoms with E-state index in [1.807, 2.05) is 13.8 Å². The summed E-state index contributed by atoms with van der Waals surface area (Å²) in [6.07, 6.45) is 1.42. The van der Waals surface area contributed by atoms with Gasteiger partial charge in [-0.25, -0.2) is 0 Å². The second-order valence-corrected chi connectivity index (χ2v) is 9.10. The van der Waals surface area contributed by atoms with Crippen LogP contribution in [0.25, 0.3) is 0 Å². The van der Waals surface area contributed by atoms with Crippen LogP contribution < -0.4 is 27.0 Å². The van der Waals surface area contributed by atoms with Crippen LogP contribution in [-0.4, -0.2) is 71.0 Å². The highest BCUT2D eigenvalue weighted by Crippen LogP contribution is 2.12. The van der Waals surface area contributed by atoms with Crippen molar-refractivity contribution in [3.05, 3.63) is 29.8 Å². The topological polar surface area (TPSA) is 180 Å². The van der Waals surface area contributed by atoms with Gasteiger partial charge in [0.15, 0.2) is 0 Å². The van der Waals surface area contributed by atoms with Gasteiger partial charge in [0.25, 0.3) is 0 Å². The number of hydrogen-bond donors (Lipinski definition) is 7. The molecule has 7 N–H and O–H groups in total. The number of hydrogen-bond acceptors (Lipinski definition) is 8. The molecule has 0 unspecified atom stereocenters. The second kappa shape index (κ2) is 15.1. The van der Waals surface area contributed by atoms with Gasteiger partial charge in [-0.2, -0.15) is 12.6 Å². The zero-order valence-corrected chi connectivity index (χ0v) is 21.9. The Morgan fingerprint density at radius 2 is 1.44 bits per heavy atom. The summed E-state index contributed by atoms with van der Waals surface area (Å²) in [7, 11) is 0. The monoisotopic (exact) mass is 523 g/mol. The van der Waals surface area contributed by atoms with E-state index in [4.69, 9.17) is 5.73 Å². The number of phenols is 1. The highest BCUT2D eigenvalue weighted by molar-refractivity contribution is 7.80. The Balaban J connectivity index is 2.83. The summed E-state index contributed by atoms with van der Waals surface area (Å²) < 4.78 is 0. The fraction of sp³-hybridized carbons (Fsp3) is 0.542. The Bertz CT molecular complexity index is 913. The van der Waals surface area contributed by atoms with Crippen molar-refractivity contribution in [1.29, 1.82) is 0 Å². The van der Waals surface area contributed by atoms with Crippen LogP contribution in [0.3, 0.4) is 0 Å². The fourth-order valence-corrected chi connectivity index (χ4v) is 3.24. The molecule has 200 valence electrons. The third-order valence-electron chi connectivity index (χ3n) is 5.76. The van der Waals surface area contributed by atoms with Gasteiger partial charge < -0.3 is 36.9 Å². The molecule has 1 rings (SSSR count). The molecule has 4 amide bonds. The van der Waals surface area contributed by atoms with Crippen molar-refractivity contribution in [2.45, 2.75) is 70.7 Å². The SMILES string of the molecule is CC[C@H](C)[C@@H](C=O)NC(=O)[C@H](C)NC(=O)[C@H](C)NC(=O)[C@H](Cc1ccc(O)cc1)NC(=O)[C@@H](N)CS. The Hall–Kier alpha value is -3.12. The predicted molar refractivity (Wildman–Crippen MR) is 138 cm³/mol. The van der Waals surface area contributed by atoms with Gasteiger partial charge in [0.2, 0.25) is 23.6 Å². The van der Waals surface area contributed by atoms with E-state index in [2.05, 4.69) is 33.9 Å². The molecule has 11 nitrogen and oxygen atoms in total. The molecule has 0 bridgehead atoms. The zero-order valence-electron chi connectivity index (χ0n) is 21.0. The van der Waals surface area contributed by atoms with Gasteiger partial charge in [0.05, 0.1) is 12.1 Å². The van der Waals surface area contributed by atoms with Crippen LogP contribution in [0, 0.1) is 5.92 Å². The van der Waals surface area contributed by atoms with Crippen LogP contribution in [0.4, 0.5) is 0 Å². The lowest BCUT2D eigenvalue weighted by Crippen LogP contribution is -2.57. The van der Waals surface area contributed by atoms with Gasteiger partial charge >= 0.3 is 0 Å². The third kappa shape index (κ3) is 9.86. The van der Waals surface area contributed by atoms with Crippen LogP contribution in [0.5, 0.6) is 5.75 Å². The minimum atomic E-state index is -1.06. The summed E-state index contributed by atoms with van der Waals surface area (Å²) in [6, 6.07) is 1.43. The number of rotatable bonds is 14. The lowest BCUT2D eigenvalue weighted by atomic mass is 10.0. The average molecular weight is 524 g/mol. The van der Waals surface area contributed by atoms with Crippen molar-refractivity contribution in [1.82, 2.24) is 21.3 Å². The average Bonchev–Trinajstić information content (AvgIpc) is 2.86. The maximum Gasteiger partial charge on any atom is 0.243 e. The molecule has 0 aliphatic rings. The molecule has 0 saturated carbocycles. The summed E-state index contributed by atoms with van der Waals surface area (Å²) in [6.45, 7) is 6.63. The number of aldehydes is 1. The van der Waals surface area contributed by atoms with Gasteiger partial charge in [0.1, 0.15) is 30.2 Å². The number of amides is 4. The van der Waals surface area contributed by atoms with Gasteiger partial charge in [-0.15, -0.1) is 0 Å². The van der Waals surface area contributed by atoms with Gasteiger partial charge in [-0.3, -0.25) is 19.2 Å². The Kier molecular flexibility index (Phi) is 13.0. The summed E-state index contributed by atoms with van der Waals surface area (Å²) in [5.74, 6) is -2.33. The molecule has 0 radical (unpaired) electrons. The molecular weight excluding hydrogens is 486 g/mol. The van der Waals surface area contributed by atoms with Crippen LogP contribution in [0.15, 0.2) is 24.3 Å². The number of benzene rings is 1. The van der Waals surface area contributed by atoms with Crippen molar-refractivity contribution in [2.75, 3.05) is 5.75 Å². The maximum atomic E-state index is 13.0. The largest absolute Gasteiger partial charge is 0.508 e. The first-order valence-corrected chi connectivity index (χ1v) is 12.4. The smallest absolute Gasteiger partial charge is 0.243 e. The van der Waals surface area contributed by atoms with Crippen LogP contribution >= 0.6 is 12.6 Å². The highest BCUT2D eigenvalue weighted by atomic mass is 32.1. The molecular formula is C24H37N5O6S. The number of carbonyl (C=O) groups excluding carboxylic acids is 5. The minimum absolute atomic E-state index is 0.0490. The van der Waals surface area contributed by atoms with Gasteiger partial charge in [-0.05, 0) is 37.5 Å². The van der Waals surface area contributed by atoms with Crippen molar-refractivity contribution in [2.24, 2.45) is 11.7 Å². The van der Waals surface area contributed by atoms with Crippen molar-refractivity contribution in [3.63, 3.8) is 0 Å². The summed E-state index contributed by atoms with van der Waals surface area (Å²) >= 11 is 3.99. The first kappa shape index (κ1) is 30.9. The molecule has 1 aromatic carbocycles. The van der Waals surface area contributed by atoms with Crippen molar-refractivity contribution >= 4 is 42.5 Å². The van der Waals surface area contributed by atoms with E-state index in [9.17, 15) is 29.1 Å². The molecule has 36 heavy (non-hydrogen) atoms. The van der Waals surface area contributed by atoms with E-state index in [0.29, 0.717) is 18.3 Å². The quantitative estimate of drug-likeness (QED) is 0.126. The minimum Gasteiger partial charge on any atom is -0.508 e. The molecule has 6 atom stereocenters. The Labute approximate surface area is 216 Å². The first-order valence-electron chi connectivity index (χ1n) is 11.7. The number of phenolic OH excluding ortho intramolecular Hbond substituents is 1. The molecule has 1 aromatic rings. The molecule has 0 aliphatic carbocycles. The molecule has 0 heterocycles. The van der Waals surface area contributed by atoms with E-state index in [1.165, 1.54) is 26.0 Å². The molecule has 0 aliphatic heterocycles. The Morgan fingerprint density at radius 3 is 1.94 bits per heavy atom. The standard InChI is InChI=1S/C24H37N5O6S/c1-5-13(2)20(11-30)29-22(33)15(4)26-21(32)14(3)27-24(35)19(28-23(34)18(25)12-36)10-16-6-8-17(31)9-7-16/h6-9,11,13-15,18-20,31,36H,5,10,12,25H2,1-4H3,(H,26,32)(H,27,35)(H,28,34)(H,29,33)/t13-,14-,15-,18-,19-,20+/m0/s1. The van der Waals surface area contributed by atoms with Gasteiger partial charge in [0, 0.05) is 12.2 Å². The maximum absolute atomic E-state index is 13.0. The zero-order chi connectivity index (χ0) is 27.4.